The molecule has 0 saturated heterocycles. The second-order valence-electron chi connectivity index (χ2n) is 8.17. The van der Waals surface area contributed by atoms with Gasteiger partial charge in [-0.05, 0) is 36.1 Å². The number of aryl methyl sites for hydroxylation is 1. The molecule has 176 valence electrons. The Morgan fingerprint density at radius 1 is 1.09 bits per heavy atom. The second kappa shape index (κ2) is 10.0. The van der Waals surface area contributed by atoms with Crippen LogP contribution in [0.2, 0.25) is 0 Å². The predicted octanol–water partition coefficient (Wildman–Crippen LogP) is 4.08. The topological polar surface area (TPSA) is 118 Å². The fourth-order valence-corrected chi connectivity index (χ4v) is 5.05. The monoisotopic (exact) mass is 479 g/mol. The Hall–Kier alpha value is -3.72. The van der Waals surface area contributed by atoms with Crippen molar-refractivity contribution in [3.8, 4) is 11.1 Å². The van der Waals surface area contributed by atoms with Crippen LogP contribution < -0.4 is 10.6 Å². The van der Waals surface area contributed by atoms with Crippen LogP contribution in [0.25, 0.3) is 11.1 Å². The Kier molecular flexibility index (Phi) is 6.93. The zero-order valence-electron chi connectivity index (χ0n) is 18.8. The minimum absolute atomic E-state index is 0.0247. The van der Waals surface area contributed by atoms with E-state index in [9.17, 15) is 14.4 Å². The van der Waals surface area contributed by atoms with Crippen molar-refractivity contribution in [3.05, 3.63) is 75.2 Å². The fraction of sp³-hybridized carbons (Fsp3) is 0.280. The number of nitrogens with one attached hydrogen (secondary N) is 2. The lowest BCUT2D eigenvalue weighted by molar-refractivity contribution is -0.137. The molecule has 0 saturated carbocycles. The van der Waals surface area contributed by atoms with Gasteiger partial charge in [-0.1, -0.05) is 48.5 Å². The van der Waals surface area contributed by atoms with E-state index < -0.39 is 18.1 Å². The van der Waals surface area contributed by atoms with E-state index in [4.69, 9.17) is 9.84 Å². The van der Waals surface area contributed by atoms with Crippen molar-refractivity contribution < 1.29 is 24.2 Å². The van der Waals surface area contributed by atoms with Crippen molar-refractivity contribution in [2.45, 2.75) is 38.8 Å². The Bertz CT molecular complexity index is 1190. The number of benzene rings is 2. The standard InChI is InChI=1S/C25H25N3O5S/c1-14(11-22(29)30)27-24(31)23-15(2)28-21(34-23)12-26-25(32)33-13-20-18-9-5-3-7-16(18)17-8-4-6-10-19(17)20/h3-10,14,20H,11-13H2,1-2H3,(H,26,32)(H,27,31)(H,29,30). The van der Waals surface area contributed by atoms with Crippen LogP contribution in [0.5, 0.6) is 0 Å². The molecule has 1 aromatic heterocycles. The Morgan fingerprint density at radius 3 is 2.32 bits per heavy atom. The number of aromatic nitrogens is 1. The maximum Gasteiger partial charge on any atom is 0.407 e. The molecular formula is C25H25N3O5S. The third kappa shape index (κ3) is 5.09. The van der Waals surface area contributed by atoms with Gasteiger partial charge in [0.1, 0.15) is 16.5 Å². The zero-order chi connectivity index (χ0) is 24.2. The summed E-state index contributed by atoms with van der Waals surface area (Å²) in [7, 11) is 0. The number of carboxylic acids is 1. The number of carbonyl (C=O) groups is 3. The summed E-state index contributed by atoms with van der Waals surface area (Å²) >= 11 is 1.15. The van der Waals surface area contributed by atoms with Crippen molar-refractivity contribution in [3.63, 3.8) is 0 Å². The van der Waals surface area contributed by atoms with Gasteiger partial charge in [0.25, 0.3) is 5.91 Å². The smallest absolute Gasteiger partial charge is 0.407 e. The van der Waals surface area contributed by atoms with Gasteiger partial charge in [0, 0.05) is 12.0 Å². The molecule has 1 atom stereocenters. The number of ether oxygens (including phenoxy) is 1. The first kappa shape index (κ1) is 23.4. The minimum atomic E-state index is -0.984. The van der Waals surface area contributed by atoms with Crippen molar-refractivity contribution >= 4 is 29.3 Å². The maximum atomic E-state index is 12.4. The summed E-state index contributed by atoms with van der Waals surface area (Å²) in [6, 6.07) is 15.7. The summed E-state index contributed by atoms with van der Waals surface area (Å²) in [5, 5.41) is 14.7. The van der Waals surface area contributed by atoms with Crippen molar-refractivity contribution in [1.82, 2.24) is 15.6 Å². The number of aliphatic carboxylic acids is 1. The Labute approximate surface area is 201 Å². The molecule has 34 heavy (non-hydrogen) atoms. The number of hydrogen-bond acceptors (Lipinski definition) is 6. The lowest BCUT2D eigenvalue weighted by atomic mass is 9.98. The number of carboxylic acid groups (broad SMARTS) is 1. The molecule has 2 aromatic carbocycles. The van der Waals surface area contributed by atoms with Crippen LogP contribution in [0, 0.1) is 6.92 Å². The van der Waals surface area contributed by atoms with Gasteiger partial charge in [0.15, 0.2) is 0 Å². The van der Waals surface area contributed by atoms with E-state index in [0.29, 0.717) is 15.6 Å². The molecule has 0 spiro atoms. The molecule has 1 aliphatic carbocycles. The van der Waals surface area contributed by atoms with E-state index in [2.05, 4.69) is 39.9 Å². The highest BCUT2D eigenvalue weighted by Crippen LogP contribution is 2.44. The quantitative estimate of drug-likeness (QED) is 0.448. The number of amides is 2. The van der Waals surface area contributed by atoms with Gasteiger partial charge in [-0.3, -0.25) is 9.59 Å². The van der Waals surface area contributed by atoms with Crippen LogP contribution in [0.1, 0.15) is 50.8 Å². The molecule has 0 aliphatic heterocycles. The van der Waals surface area contributed by atoms with Gasteiger partial charge >= 0.3 is 12.1 Å². The number of rotatable bonds is 8. The number of thiazole rings is 1. The molecule has 3 aromatic rings. The summed E-state index contributed by atoms with van der Waals surface area (Å²) in [6.07, 6.45) is -0.726. The summed E-state index contributed by atoms with van der Waals surface area (Å²) in [5.41, 5.74) is 5.12. The van der Waals surface area contributed by atoms with E-state index in [0.717, 1.165) is 33.6 Å². The maximum absolute atomic E-state index is 12.4. The van der Waals surface area contributed by atoms with E-state index in [1.807, 2.05) is 24.3 Å². The molecule has 1 aliphatic rings. The number of alkyl carbamates (subject to hydrolysis) is 1. The normalized spacial score (nSPS) is 13.0. The number of hydrogen-bond donors (Lipinski definition) is 3. The number of carbonyl (C=O) groups excluding carboxylic acids is 2. The van der Waals surface area contributed by atoms with Gasteiger partial charge in [0.2, 0.25) is 0 Å². The highest BCUT2D eigenvalue weighted by atomic mass is 32.1. The lowest BCUT2D eigenvalue weighted by Gasteiger charge is -2.14. The first-order chi connectivity index (χ1) is 16.3. The van der Waals surface area contributed by atoms with Crippen LogP contribution in [-0.4, -0.2) is 40.7 Å². The van der Waals surface area contributed by atoms with Crippen LogP contribution in [0.3, 0.4) is 0 Å². The molecule has 3 N–H and O–H groups in total. The molecule has 4 rings (SSSR count). The Balaban J connectivity index is 1.33. The molecule has 0 radical (unpaired) electrons. The van der Waals surface area contributed by atoms with Gasteiger partial charge in [-0.25, -0.2) is 9.78 Å². The molecule has 0 fully saturated rings. The summed E-state index contributed by atoms with van der Waals surface area (Å²) < 4.78 is 5.53. The second-order valence-corrected chi connectivity index (χ2v) is 9.26. The Morgan fingerprint density at radius 2 is 1.71 bits per heavy atom. The fourth-order valence-electron chi connectivity index (χ4n) is 4.14. The van der Waals surface area contributed by atoms with Gasteiger partial charge in [-0.2, -0.15) is 0 Å². The highest BCUT2D eigenvalue weighted by Gasteiger charge is 2.29. The first-order valence-corrected chi connectivity index (χ1v) is 11.7. The first-order valence-electron chi connectivity index (χ1n) is 10.9. The molecular weight excluding hydrogens is 454 g/mol. The van der Waals surface area contributed by atoms with Crippen LogP contribution >= 0.6 is 11.3 Å². The number of fused-ring (bicyclic) bond motifs is 3. The SMILES string of the molecule is Cc1nc(CNC(=O)OCC2c3ccccc3-c3ccccc32)sc1C(=O)NC(C)CC(=O)O. The largest absolute Gasteiger partial charge is 0.481 e. The average molecular weight is 480 g/mol. The molecule has 0 bridgehead atoms. The van der Waals surface area contributed by atoms with E-state index in [-0.39, 0.29) is 31.4 Å². The van der Waals surface area contributed by atoms with Crippen molar-refractivity contribution in [2.75, 3.05) is 6.61 Å². The summed E-state index contributed by atoms with van der Waals surface area (Å²) in [4.78, 5) is 40.3. The van der Waals surface area contributed by atoms with E-state index in [1.165, 1.54) is 0 Å². The van der Waals surface area contributed by atoms with Gasteiger partial charge in [-0.15, -0.1) is 11.3 Å². The third-order valence-corrected chi connectivity index (χ3v) is 6.79. The van der Waals surface area contributed by atoms with E-state index in [1.54, 1.807) is 13.8 Å². The van der Waals surface area contributed by atoms with Gasteiger partial charge < -0.3 is 20.5 Å². The van der Waals surface area contributed by atoms with Crippen molar-refractivity contribution in [1.29, 1.82) is 0 Å². The highest BCUT2D eigenvalue weighted by molar-refractivity contribution is 7.13. The molecule has 8 nitrogen and oxygen atoms in total. The van der Waals surface area contributed by atoms with Crippen LogP contribution in [-0.2, 0) is 16.1 Å². The van der Waals surface area contributed by atoms with Crippen molar-refractivity contribution in [2.24, 2.45) is 0 Å². The summed E-state index contributed by atoms with van der Waals surface area (Å²) in [6.45, 7) is 3.66. The minimum Gasteiger partial charge on any atom is -0.481 e. The predicted molar refractivity (Wildman–Crippen MR) is 128 cm³/mol. The summed E-state index contributed by atoms with van der Waals surface area (Å²) in [5.74, 6) is -1.39. The number of nitrogens with zero attached hydrogens (tertiary/aromatic N) is 1. The zero-order valence-corrected chi connectivity index (χ0v) is 19.6. The van der Waals surface area contributed by atoms with Gasteiger partial charge in [0.05, 0.1) is 18.7 Å². The van der Waals surface area contributed by atoms with Crippen LogP contribution in [0.4, 0.5) is 4.79 Å². The van der Waals surface area contributed by atoms with E-state index >= 15 is 0 Å². The lowest BCUT2D eigenvalue weighted by Crippen LogP contribution is -2.34. The molecule has 2 amide bonds. The third-order valence-electron chi connectivity index (χ3n) is 5.63. The average Bonchev–Trinajstić information content (AvgIpc) is 3.33. The molecule has 1 heterocycles. The molecule has 1 unspecified atom stereocenters. The molecule has 9 heteroatoms. The van der Waals surface area contributed by atoms with Crippen LogP contribution in [0.15, 0.2) is 48.5 Å².